The van der Waals surface area contributed by atoms with Gasteiger partial charge in [0.05, 0.1) is 5.03 Å². The Balaban J connectivity index is 2.67. The molecule has 0 saturated carbocycles. The molecule has 2 heteroatoms. The van der Waals surface area contributed by atoms with Gasteiger partial charge in [-0.2, -0.15) is 0 Å². The molecule has 0 fully saturated rings. The van der Waals surface area contributed by atoms with E-state index in [1.54, 1.807) is 0 Å². The first-order valence-corrected chi connectivity index (χ1v) is 5.84. The Bertz CT molecular complexity index is 357. The lowest BCUT2D eigenvalue weighted by Crippen LogP contribution is -1.72. The highest BCUT2D eigenvalue weighted by Crippen LogP contribution is 2.13. The van der Waals surface area contributed by atoms with Gasteiger partial charge in [0.25, 0.3) is 0 Å². The van der Waals surface area contributed by atoms with Crippen LogP contribution in [0, 0.1) is 0 Å². The topological polar surface area (TPSA) is 0 Å². The first-order valence-electron chi connectivity index (χ1n) is 5.09. The number of halogens is 2. The van der Waals surface area contributed by atoms with Crippen molar-refractivity contribution in [1.82, 2.24) is 0 Å². The molecule has 0 saturated heterocycles. The zero-order valence-electron chi connectivity index (χ0n) is 8.76. The molecule has 1 aromatic rings. The third-order valence-corrected chi connectivity index (χ3v) is 2.57. The summed E-state index contributed by atoms with van der Waals surface area (Å²) in [6.45, 7) is 2.15. The second-order valence-electron chi connectivity index (χ2n) is 3.35. The van der Waals surface area contributed by atoms with Crippen LogP contribution in [0.2, 0.25) is 5.02 Å². The third-order valence-electron chi connectivity index (χ3n) is 2.02. The predicted octanol–water partition coefficient (Wildman–Crippen LogP) is 5.27. The van der Waals surface area contributed by atoms with Gasteiger partial charge in [-0.3, -0.25) is 0 Å². The van der Waals surface area contributed by atoms with Crippen LogP contribution in [-0.2, 0) is 0 Å². The van der Waals surface area contributed by atoms with E-state index < -0.39 is 0 Å². The van der Waals surface area contributed by atoms with E-state index in [-0.39, 0.29) is 0 Å². The highest BCUT2D eigenvalue weighted by atomic mass is 35.5. The van der Waals surface area contributed by atoms with Crippen LogP contribution < -0.4 is 0 Å². The molecule has 0 bridgehead atoms. The monoisotopic (exact) mass is 240 g/mol. The molecule has 1 aromatic carbocycles. The van der Waals surface area contributed by atoms with E-state index in [1.165, 1.54) is 0 Å². The summed E-state index contributed by atoms with van der Waals surface area (Å²) in [6, 6.07) is 7.60. The number of unbranched alkanes of at least 4 members (excludes halogenated alkanes) is 1. The van der Waals surface area contributed by atoms with E-state index >= 15 is 0 Å². The molecule has 0 amide bonds. The summed E-state index contributed by atoms with van der Waals surface area (Å²) in [6.07, 6.45) is 5.05. The van der Waals surface area contributed by atoms with Gasteiger partial charge >= 0.3 is 0 Å². The maximum absolute atomic E-state index is 5.99. The summed E-state index contributed by atoms with van der Waals surface area (Å²) >= 11 is 11.8. The van der Waals surface area contributed by atoms with Crippen LogP contribution in [0.4, 0.5) is 0 Å². The molecule has 80 valence electrons. The molecule has 15 heavy (non-hydrogen) atoms. The molecule has 0 atom stereocenters. The Kier molecular flexibility index (Phi) is 5.57. The van der Waals surface area contributed by atoms with Crippen molar-refractivity contribution in [2.24, 2.45) is 0 Å². The fourth-order valence-electron chi connectivity index (χ4n) is 1.12. The van der Waals surface area contributed by atoms with Crippen LogP contribution in [0.25, 0.3) is 6.08 Å². The molecule has 0 unspecified atom stereocenters. The molecular formula is C13H14Cl2. The molecule has 0 radical (unpaired) electrons. The van der Waals surface area contributed by atoms with Crippen molar-refractivity contribution < 1.29 is 0 Å². The minimum atomic E-state index is 0.744. The fraction of sp³-hybridized carbons (Fsp3) is 0.308. The van der Waals surface area contributed by atoms with Crippen molar-refractivity contribution >= 4 is 29.3 Å². The Labute approximate surface area is 101 Å². The Hall–Kier alpha value is -0.680. The van der Waals surface area contributed by atoms with Gasteiger partial charge in [-0.05, 0) is 36.6 Å². The summed E-state index contributed by atoms with van der Waals surface area (Å²) in [5.74, 6) is 0. The van der Waals surface area contributed by atoms with Gasteiger partial charge < -0.3 is 0 Å². The summed E-state index contributed by atoms with van der Waals surface area (Å²) in [5, 5.41) is 1.53. The molecule has 0 aliphatic rings. The Morgan fingerprint density at radius 1 is 1.33 bits per heavy atom. The van der Waals surface area contributed by atoms with Crippen LogP contribution in [0.1, 0.15) is 31.7 Å². The SMILES string of the molecule is CCCCC(Cl)=C=Cc1ccc(Cl)cc1. The van der Waals surface area contributed by atoms with E-state index in [9.17, 15) is 0 Å². The van der Waals surface area contributed by atoms with Crippen LogP contribution in [0.3, 0.4) is 0 Å². The first kappa shape index (κ1) is 12.4. The molecule has 0 aliphatic heterocycles. The summed E-state index contributed by atoms with van der Waals surface area (Å²) in [5.41, 5.74) is 4.13. The van der Waals surface area contributed by atoms with Gasteiger partial charge in [0.2, 0.25) is 0 Å². The lowest BCUT2D eigenvalue weighted by Gasteiger charge is -1.93. The molecule has 0 aromatic heterocycles. The van der Waals surface area contributed by atoms with E-state index in [4.69, 9.17) is 23.2 Å². The predicted molar refractivity (Wildman–Crippen MR) is 68.3 cm³/mol. The average Bonchev–Trinajstić information content (AvgIpc) is 2.25. The van der Waals surface area contributed by atoms with Crippen molar-refractivity contribution in [1.29, 1.82) is 0 Å². The zero-order valence-corrected chi connectivity index (χ0v) is 10.3. The molecule has 0 heterocycles. The van der Waals surface area contributed by atoms with Crippen LogP contribution in [0.15, 0.2) is 35.0 Å². The normalized spacial score (nSPS) is 9.53. The summed E-state index contributed by atoms with van der Waals surface area (Å²) in [4.78, 5) is 0. The van der Waals surface area contributed by atoms with Crippen LogP contribution >= 0.6 is 23.2 Å². The van der Waals surface area contributed by atoms with Crippen molar-refractivity contribution in [3.8, 4) is 0 Å². The second-order valence-corrected chi connectivity index (χ2v) is 4.24. The van der Waals surface area contributed by atoms with E-state index in [0.29, 0.717) is 0 Å². The number of benzene rings is 1. The average molecular weight is 241 g/mol. The minimum Gasteiger partial charge on any atom is -0.104 e. The molecule has 0 aliphatic carbocycles. The highest BCUT2D eigenvalue weighted by molar-refractivity contribution is 6.30. The minimum absolute atomic E-state index is 0.744. The third kappa shape index (κ3) is 5.09. The Morgan fingerprint density at radius 3 is 2.60 bits per heavy atom. The van der Waals surface area contributed by atoms with Crippen molar-refractivity contribution in [2.45, 2.75) is 26.2 Å². The molecule has 0 nitrogen and oxygen atoms in total. The quantitative estimate of drug-likeness (QED) is 0.630. The van der Waals surface area contributed by atoms with Crippen molar-refractivity contribution in [2.75, 3.05) is 0 Å². The fourth-order valence-corrected chi connectivity index (χ4v) is 1.44. The molecular weight excluding hydrogens is 227 g/mol. The van der Waals surface area contributed by atoms with E-state index in [0.717, 1.165) is 34.9 Å². The van der Waals surface area contributed by atoms with Gasteiger partial charge in [0, 0.05) is 5.02 Å². The van der Waals surface area contributed by atoms with Crippen molar-refractivity contribution in [3.63, 3.8) is 0 Å². The van der Waals surface area contributed by atoms with Crippen LogP contribution in [-0.4, -0.2) is 0 Å². The lowest BCUT2D eigenvalue weighted by molar-refractivity contribution is 0.808. The molecule has 1 rings (SSSR count). The maximum atomic E-state index is 5.99. The number of allylic oxidation sites excluding steroid dienone is 1. The van der Waals surface area contributed by atoms with Crippen molar-refractivity contribution in [3.05, 3.63) is 45.6 Å². The number of hydrogen-bond donors (Lipinski definition) is 0. The lowest BCUT2D eigenvalue weighted by atomic mass is 10.2. The largest absolute Gasteiger partial charge is 0.104 e. The molecule has 0 spiro atoms. The van der Waals surface area contributed by atoms with Crippen LogP contribution in [0.5, 0.6) is 0 Å². The Morgan fingerprint density at radius 2 is 2.00 bits per heavy atom. The van der Waals surface area contributed by atoms with Gasteiger partial charge in [-0.1, -0.05) is 48.7 Å². The van der Waals surface area contributed by atoms with E-state index in [1.807, 2.05) is 30.3 Å². The van der Waals surface area contributed by atoms with Gasteiger partial charge in [-0.15, -0.1) is 5.73 Å². The zero-order chi connectivity index (χ0) is 11.1. The molecule has 0 N–H and O–H groups in total. The standard InChI is InChI=1S/C13H14Cl2/c1-2-3-4-12(14)8-5-11-6-9-13(15)10-7-11/h5-7,9-10H,2-4H2,1H3. The summed E-state index contributed by atoms with van der Waals surface area (Å²) < 4.78 is 0. The summed E-state index contributed by atoms with van der Waals surface area (Å²) in [7, 11) is 0. The highest BCUT2D eigenvalue weighted by Gasteiger charge is 1.90. The van der Waals surface area contributed by atoms with E-state index in [2.05, 4.69) is 12.7 Å². The second kappa shape index (κ2) is 6.74. The van der Waals surface area contributed by atoms with Gasteiger partial charge in [-0.25, -0.2) is 0 Å². The smallest absolute Gasteiger partial charge is 0.0597 e. The van der Waals surface area contributed by atoms with Gasteiger partial charge in [0.1, 0.15) is 0 Å². The number of rotatable bonds is 4. The first-order chi connectivity index (χ1) is 7.22. The maximum Gasteiger partial charge on any atom is 0.0597 e. The number of hydrogen-bond acceptors (Lipinski definition) is 0. The van der Waals surface area contributed by atoms with Gasteiger partial charge in [0.15, 0.2) is 0 Å².